The van der Waals surface area contributed by atoms with Crippen LogP contribution in [0.25, 0.3) is 21.6 Å². The van der Waals surface area contributed by atoms with Gasteiger partial charge in [-0.2, -0.15) is 15.1 Å². The highest BCUT2D eigenvalue weighted by Crippen LogP contribution is 2.48. The van der Waals surface area contributed by atoms with Crippen molar-refractivity contribution >= 4 is 30.8 Å². The highest BCUT2D eigenvalue weighted by molar-refractivity contribution is 7.52. The number of nitrogens with one attached hydrogen (secondary N) is 1. The number of anilines is 1. The maximum Gasteiger partial charge on any atom is 0.459 e. The number of aliphatic hydroxyl groups excluding tert-OH is 1. The first-order valence-electron chi connectivity index (χ1n) is 14.0. The minimum Gasteiger partial charge on any atom is -0.479 e. The van der Waals surface area contributed by atoms with E-state index in [1.807, 2.05) is 18.2 Å². The van der Waals surface area contributed by atoms with E-state index in [9.17, 15) is 20.0 Å². The van der Waals surface area contributed by atoms with Crippen molar-refractivity contribution in [3.8, 4) is 11.6 Å². The Kier molecular flexibility index (Phi) is 9.72. The van der Waals surface area contributed by atoms with Crippen LogP contribution in [0.15, 0.2) is 72.1 Å². The molecule has 17 nitrogen and oxygen atoms in total. The van der Waals surface area contributed by atoms with Crippen molar-refractivity contribution in [3.05, 3.63) is 83.0 Å². The van der Waals surface area contributed by atoms with Crippen molar-refractivity contribution in [2.24, 2.45) is 5.11 Å². The summed E-state index contributed by atoms with van der Waals surface area (Å²) in [5.74, 6) is -0.534. The molecule has 0 saturated carbocycles. The summed E-state index contributed by atoms with van der Waals surface area (Å²) in [6.45, 7) is 2.39. The van der Waals surface area contributed by atoms with E-state index in [1.165, 1.54) is 31.9 Å². The Morgan fingerprint density at radius 1 is 1.24 bits per heavy atom. The number of fused-ring (bicyclic) bond motifs is 1. The standard InChI is InChI=1S/C28H32N9O8P/c1-17(25(39)42-14-18-10-6-4-7-11-18)34-46(40,45-19-12-8-5-9-13-19)43-15-20-22(38)28(2,35-36-30)26(44-20)37-16-31-21-23(37)32-27(29)33-24(21)41-3/h4-13,16-17,20,22,26,38H,14-15H2,1-3H3,(H,34,40)(H2,29,32,33)/t17-,20+,22+,26+,28+,46?/m0/s1. The number of benzene rings is 2. The summed E-state index contributed by atoms with van der Waals surface area (Å²) in [5, 5.41) is 17.8. The highest BCUT2D eigenvalue weighted by Gasteiger charge is 2.55. The lowest BCUT2D eigenvalue weighted by Gasteiger charge is -2.28. The molecule has 0 aliphatic carbocycles. The Hall–Kier alpha value is -4.76. The molecule has 4 aromatic rings. The number of methoxy groups -OCH3 is 1. The van der Waals surface area contributed by atoms with E-state index in [0.717, 1.165) is 5.56 Å². The van der Waals surface area contributed by atoms with Crippen LogP contribution in [-0.4, -0.2) is 68.1 Å². The summed E-state index contributed by atoms with van der Waals surface area (Å²) < 4.78 is 43.7. The predicted octanol–water partition coefficient (Wildman–Crippen LogP) is 3.67. The van der Waals surface area contributed by atoms with Gasteiger partial charge in [-0.3, -0.25) is 13.9 Å². The number of carbonyl (C=O) groups is 1. The number of nitrogen functional groups attached to an aromatic ring is 1. The van der Waals surface area contributed by atoms with Crippen LogP contribution in [0.1, 0.15) is 25.6 Å². The Bertz CT molecular complexity index is 1770. The van der Waals surface area contributed by atoms with Crippen LogP contribution in [0, 0.1) is 0 Å². The lowest BCUT2D eigenvalue weighted by molar-refractivity contribution is -0.146. The van der Waals surface area contributed by atoms with E-state index >= 15 is 0 Å². The van der Waals surface area contributed by atoms with E-state index in [1.54, 1.807) is 42.5 Å². The molecule has 242 valence electrons. The van der Waals surface area contributed by atoms with E-state index in [-0.39, 0.29) is 35.3 Å². The third kappa shape index (κ3) is 6.89. The Morgan fingerprint density at radius 2 is 1.93 bits per heavy atom. The molecule has 1 aliphatic heterocycles. The van der Waals surface area contributed by atoms with Crippen LogP contribution >= 0.6 is 7.75 Å². The van der Waals surface area contributed by atoms with Crippen LogP contribution in [0.5, 0.6) is 11.6 Å². The van der Waals surface area contributed by atoms with Gasteiger partial charge in [0.1, 0.15) is 30.0 Å². The molecule has 2 aromatic carbocycles. The number of nitrogens with two attached hydrogens (primary N) is 1. The van der Waals surface area contributed by atoms with Crippen molar-refractivity contribution in [1.82, 2.24) is 24.6 Å². The topological polar surface area (TPSA) is 231 Å². The summed E-state index contributed by atoms with van der Waals surface area (Å²) in [6, 6.07) is 16.1. The van der Waals surface area contributed by atoms with Crippen LogP contribution < -0.4 is 20.1 Å². The lowest BCUT2D eigenvalue weighted by atomic mass is 9.93. The number of hydrogen-bond acceptors (Lipinski definition) is 13. The van der Waals surface area contributed by atoms with E-state index in [0.29, 0.717) is 0 Å². The fourth-order valence-electron chi connectivity index (χ4n) is 4.83. The lowest BCUT2D eigenvalue weighted by Crippen LogP contribution is -2.43. The van der Waals surface area contributed by atoms with Crippen molar-refractivity contribution in [1.29, 1.82) is 0 Å². The fraction of sp³-hybridized carbons (Fsp3) is 0.357. The molecule has 0 radical (unpaired) electrons. The number of aliphatic hydroxyl groups is 1. The largest absolute Gasteiger partial charge is 0.479 e. The Labute approximate surface area is 262 Å². The van der Waals surface area contributed by atoms with E-state index < -0.39 is 50.3 Å². The number of carbonyl (C=O) groups excluding carboxylic acids is 1. The molecule has 46 heavy (non-hydrogen) atoms. The van der Waals surface area contributed by atoms with Gasteiger partial charge in [-0.25, -0.2) is 9.55 Å². The minimum atomic E-state index is -4.34. The third-order valence-corrected chi connectivity index (χ3v) is 8.82. The van der Waals surface area contributed by atoms with Gasteiger partial charge >= 0.3 is 13.7 Å². The first-order valence-corrected chi connectivity index (χ1v) is 15.5. The van der Waals surface area contributed by atoms with Gasteiger partial charge in [0.05, 0.1) is 26.1 Å². The van der Waals surface area contributed by atoms with E-state index in [2.05, 4.69) is 30.1 Å². The van der Waals surface area contributed by atoms with Crippen LogP contribution in [0.2, 0.25) is 0 Å². The zero-order valence-electron chi connectivity index (χ0n) is 25.0. The quantitative estimate of drug-likeness (QED) is 0.0615. The van der Waals surface area contributed by atoms with Gasteiger partial charge in [-0.05, 0) is 37.1 Å². The van der Waals surface area contributed by atoms with Gasteiger partial charge in [-0.15, -0.1) is 0 Å². The molecule has 2 aromatic heterocycles. The highest BCUT2D eigenvalue weighted by atomic mass is 31.2. The van der Waals surface area contributed by atoms with Gasteiger partial charge < -0.3 is 29.6 Å². The predicted molar refractivity (Wildman–Crippen MR) is 163 cm³/mol. The maximum absolute atomic E-state index is 14.1. The number of imidazole rings is 1. The zero-order valence-corrected chi connectivity index (χ0v) is 25.9. The van der Waals surface area contributed by atoms with E-state index in [4.69, 9.17) is 29.0 Å². The second-order valence-corrected chi connectivity index (χ2v) is 12.1. The Morgan fingerprint density at radius 3 is 2.61 bits per heavy atom. The summed E-state index contributed by atoms with van der Waals surface area (Å²) in [6.07, 6.45) is -2.52. The van der Waals surface area contributed by atoms with Gasteiger partial charge in [0.25, 0.3) is 0 Å². The molecule has 0 spiro atoms. The number of hydrogen-bond donors (Lipinski definition) is 3. The van der Waals surface area contributed by atoms with Gasteiger partial charge in [0.2, 0.25) is 11.8 Å². The van der Waals surface area contributed by atoms with Crippen molar-refractivity contribution < 1.29 is 37.7 Å². The smallest absolute Gasteiger partial charge is 0.459 e. The molecule has 18 heteroatoms. The molecule has 5 rings (SSSR count). The molecule has 0 bridgehead atoms. The molecule has 1 fully saturated rings. The van der Waals surface area contributed by atoms with Gasteiger partial charge in [0, 0.05) is 4.91 Å². The first-order chi connectivity index (χ1) is 22.1. The van der Waals surface area contributed by atoms with Crippen molar-refractivity contribution in [3.63, 3.8) is 0 Å². The summed E-state index contributed by atoms with van der Waals surface area (Å²) in [4.78, 5) is 28.2. The van der Waals surface area contributed by atoms with Crippen LogP contribution in [-0.2, 0) is 30.0 Å². The molecule has 0 amide bonds. The third-order valence-electron chi connectivity index (χ3n) is 7.17. The molecular weight excluding hydrogens is 621 g/mol. The molecule has 1 aliphatic rings. The monoisotopic (exact) mass is 653 g/mol. The summed E-state index contributed by atoms with van der Waals surface area (Å²) in [7, 11) is -2.95. The summed E-state index contributed by atoms with van der Waals surface area (Å²) in [5.41, 5.74) is 14.8. The van der Waals surface area contributed by atoms with Crippen LogP contribution in [0.4, 0.5) is 5.95 Å². The summed E-state index contributed by atoms with van der Waals surface area (Å²) >= 11 is 0. The average Bonchev–Trinajstić information content (AvgIpc) is 3.57. The number of aromatic nitrogens is 4. The molecule has 4 N–H and O–H groups in total. The number of rotatable bonds is 13. The second-order valence-electron chi connectivity index (χ2n) is 10.4. The minimum absolute atomic E-state index is 0.00323. The van der Waals surface area contributed by atoms with Gasteiger partial charge in [-0.1, -0.05) is 53.6 Å². The number of nitrogens with zero attached hydrogens (tertiary/aromatic N) is 7. The van der Waals surface area contributed by atoms with Crippen LogP contribution in [0.3, 0.4) is 0 Å². The average molecular weight is 654 g/mol. The zero-order chi connectivity index (χ0) is 32.9. The van der Waals surface area contributed by atoms with Gasteiger partial charge in [0.15, 0.2) is 17.4 Å². The molecular formula is C28H32N9O8P. The Balaban J connectivity index is 1.37. The normalized spacial score (nSPS) is 22.8. The second kappa shape index (κ2) is 13.7. The van der Waals surface area contributed by atoms with Crippen molar-refractivity contribution in [2.75, 3.05) is 19.5 Å². The fourth-order valence-corrected chi connectivity index (χ4v) is 6.33. The molecule has 3 heterocycles. The number of azide groups is 1. The maximum atomic E-state index is 14.1. The number of esters is 1. The molecule has 1 unspecified atom stereocenters. The molecule has 6 atom stereocenters. The molecule has 1 saturated heterocycles. The van der Waals surface area contributed by atoms with Crippen molar-refractivity contribution in [2.45, 2.75) is 50.5 Å². The number of para-hydroxylation sites is 1. The first kappa shape index (κ1) is 32.6. The SMILES string of the molecule is COc1nc(N)nc2c1ncn2[C@@H]1O[C@H](COP(=O)(N[C@@H](C)C(=O)OCc2ccccc2)Oc2ccccc2)[C@@H](O)[C@@]1(C)N=[N+]=[N-]. The number of ether oxygens (including phenoxy) is 3.